The van der Waals surface area contributed by atoms with Crippen LogP contribution in [0.1, 0.15) is 18.4 Å². The molecule has 182 valence electrons. The molecule has 2 saturated heterocycles. The molecule has 33 heavy (non-hydrogen) atoms. The summed E-state index contributed by atoms with van der Waals surface area (Å²) in [5.74, 6) is -2.67. The molecule has 1 aromatic rings. The van der Waals surface area contributed by atoms with Gasteiger partial charge in [-0.05, 0) is 25.0 Å². The average Bonchev–Trinajstić information content (AvgIpc) is 3.34. The second-order valence-corrected chi connectivity index (χ2v) is 7.37. The van der Waals surface area contributed by atoms with Crippen LogP contribution in [-0.4, -0.2) is 107 Å². The van der Waals surface area contributed by atoms with E-state index in [0.29, 0.717) is 19.6 Å². The van der Waals surface area contributed by atoms with E-state index < -0.39 is 11.9 Å². The van der Waals surface area contributed by atoms with Gasteiger partial charge in [0.1, 0.15) is 5.75 Å². The summed E-state index contributed by atoms with van der Waals surface area (Å²) in [5, 5.41) is 14.8. The zero-order valence-corrected chi connectivity index (χ0v) is 18.6. The van der Waals surface area contributed by atoms with E-state index in [-0.39, 0.29) is 17.3 Å². The SMILES string of the molecule is COc1ccccc1/C=C/C(=O)N1CCN(CC(=O)N2CCCC2)CC1.O.O=C(O)C(=O)O. The second kappa shape index (κ2) is 13.9. The van der Waals surface area contributed by atoms with Crippen molar-refractivity contribution in [1.29, 1.82) is 0 Å². The van der Waals surface area contributed by atoms with Gasteiger partial charge in [-0.1, -0.05) is 18.2 Å². The van der Waals surface area contributed by atoms with Gasteiger partial charge < -0.3 is 30.2 Å². The van der Waals surface area contributed by atoms with E-state index in [4.69, 9.17) is 24.5 Å². The average molecular weight is 466 g/mol. The highest BCUT2D eigenvalue weighted by atomic mass is 16.5. The number of amides is 2. The molecule has 2 fully saturated rings. The fourth-order valence-corrected chi connectivity index (χ4v) is 3.45. The Morgan fingerprint density at radius 2 is 1.48 bits per heavy atom. The highest BCUT2D eigenvalue weighted by Crippen LogP contribution is 2.19. The van der Waals surface area contributed by atoms with Crippen LogP contribution >= 0.6 is 0 Å². The van der Waals surface area contributed by atoms with E-state index in [1.54, 1.807) is 19.3 Å². The smallest absolute Gasteiger partial charge is 0.414 e. The molecule has 2 aliphatic rings. The third-order valence-corrected chi connectivity index (χ3v) is 5.23. The number of para-hydroxylation sites is 1. The van der Waals surface area contributed by atoms with Crippen molar-refractivity contribution in [1.82, 2.24) is 14.7 Å². The molecule has 4 N–H and O–H groups in total. The van der Waals surface area contributed by atoms with E-state index in [9.17, 15) is 9.59 Å². The van der Waals surface area contributed by atoms with Gasteiger partial charge in [0.2, 0.25) is 11.8 Å². The van der Waals surface area contributed by atoms with Crippen LogP contribution in [0.2, 0.25) is 0 Å². The quantitative estimate of drug-likeness (QED) is 0.447. The van der Waals surface area contributed by atoms with Gasteiger partial charge in [-0.3, -0.25) is 14.5 Å². The third-order valence-electron chi connectivity index (χ3n) is 5.23. The van der Waals surface area contributed by atoms with Gasteiger partial charge >= 0.3 is 11.9 Å². The van der Waals surface area contributed by atoms with Crippen LogP contribution < -0.4 is 4.74 Å². The van der Waals surface area contributed by atoms with Crippen LogP contribution in [0.5, 0.6) is 5.75 Å². The van der Waals surface area contributed by atoms with Crippen molar-refractivity contribution in [2.45, 2.75) is 12.8 Å². The van der Waals surface area contributed by atoms with Crippen molar-refractivity contribution in [2.24, 2.45) is 0 Å². The van der Waals surface area contributed by atoms with Crippen molar-refractivity contribution in [3.8, 4) is 5.75 Å². The Morgan fingerprint density at radius 1 is 0.909 bits per heavy atom. The number of ether oxygens (including phenoxy) is 1. The summed E-state index contributed by atoms with van der Waals surface area (Å²) in [6.45, 7) is 5.06. The van der Waals surface area contributed by atoms with E-state index in [2.05, 4.69) is 4.90 Å². The fraction of sp³-hybridized carbons (Fsp3) is 0.455. The fourth-order valence-electron chi connectivity index (χ4n) is 3.45. The van der Waals surface area contributed by atoms with Gasteiger partial charge in [0.05, 0.1) is 13.7 Å². The topological polar surface area (TPSA) is 159 Å². The number of methoxy groups -OCH3 is 1. The van der Waals surface area contributed by atoms with Crippen LogP contribution in [0.4, 0.5) is 0 Å². The molecule has 0 atom stereocenters. The predicted octanol–water partition coefficient (Wildman–Crippen LogP) is -0.194. The molecule has 0 bridgehead atoms. The monoisotopic (exact) mass is 465 g/mol. The number of carboxylic acids is 2. The summed E-state index contributed by atoms with van der Waals surface area (Å²) >= 11 is 0. The first-order chi connectivity index (χ1) is 15.3. The Labute approximate surface area is 192 Å². The Kier molecular flexibility index (Phi) is 11.6. The molecule has 2 heterocycles. The number of piperazine rings is 1. The van der Waals surface area contributed by atoms with Crippen molar-refractivity contribution < 1.29 is 39.6 Å². The molecule has 0 spiro atoms. The summed E-state index contributed by atoms with van der Waals surface area (Å²) in [4.78, 5) is 48.8. The van der Waals surface area contributed by atoms with Crippen LogP contribution in [0.3, 0.4) is 0 Å². The minimum atomic E-state index is -1.82. The number of benzene rings is 1. The molecule has 0 aromatic heterocycles. The highest BCUT2D eigenvalue weighted by Gasteiger charge is 2.24. The number of nitrogens with zero attached hydrogens (tertiary/aromatic N) is 3. The number of carboxylic acid groups (broad SMARTS) is 2. The van der Waals surface area contributed by atoms with E-state index >= 15 is 0 Å². The number of rotatable bonds is 5. The number of aliphatic carboxylic acids is 2. The molecule has 1 aromatic carbocycles. The maximum Gasteiger partial charge on any atom is 0.414 e. The minimum Gasteiger partial charge on any atom is -0.496 e. The summed E-state index contributed by atoms with van der Waals surface area (Å²) in [6, 6.07) is 7.62. The highest BCUT2D eigenvalue weighted by molar-refractivity contribution is 6.27. The lowest BCUT2D eigenvalue weighted by atomic mass is 10.2. The standard InChI is InChI=1S/C20H27N3O3.C2H2O4.H2O/c1-26-18-7-3-2-6-17(18)8-9-19(24)23-14-12-21(13-15-23)16-20(25)22-10-4-5-11-22;3-1(4)2(5)6;/h2-3,6-9H,4-5,10-16H2,1H3;(H,3,4)(H,5,6);1H2/b9-8+;;. The lowest BCUT2D eigenvalue weighted by molar-refractivity contribution is -0.159. The first-order valence-corrected chi connectivity index (χ1v) is 10.4. The third kappa shape index (κ3) is 8.91. The van der Waals surface area contributed by atoms with Gasteiger partial charge in [-0.2, -0.15) is 0 Å². The minimum absolute atomic E-state index is 0. The van der Waals surface area contributed by atoms with Gasteiger partial charge in [-0.25, -0.2) is 9.59 Å². The van der Waals surface area contributed by atoms with Gasteiger partial charge in [0.15, 0.2) is 0 Å². The molecule has 2 amide bonds. The largest absolute Gasteiger partial charge is 0.496 e. The lowest BCUT2D eigenvalue weighted by Crippen LogP contribution is -2.51. The van der Waals surface area contributed by atoms with Crippen LogP contribution in [0.25, 0.3) is 6.08 Å². The number of hydrogen-bond acceptors (Lipinski definition) is 6. The number of likely N-dealkylation sites (tertiary alicyclic amines) is 1. The first-order valence-electron chi connectivity index (χ1n) is 10.4. The van der Waals surface area contributed by atoms with Crippen LogP contribution in [-0.2, 0) is 19.2 Å². The van der Waals surface area contributed by atoms with E-state index in [1.807, 2.05) is 34.1 Å². The molecule has 11 nitrogen and oxygen atoms in total. The number of hydrogen-bond donors (Lipinski definition) is 2. The summed E-state index contributed by atoms with van der Waals surface area (Å²) < 4.78 is 5.30. The van der Waals surface area contributed by atoms with Gasteiger partial charge in [0, 0.05) is 50.9 Å². The maximum atomic E-state index is 12.4. The van der Waals surface area contributed by atoms with E-state index in [1.165, 1.54) is 0 Å². The number of carbonyl (C=O) groups excluding carboxylic acids is 2. The number of carbonyl (C=O) groups is 4. The molecule has 0 aliphatic carbocycles. The molecule has 2 aliphatic heterocycles. The van der Waals surface area contributed by atoms with Crippen LogP contribution in [0, 0.1) is 0 Å². The molecule has 3 rings (SSSR count). The van der Waals surface area contributed by atoms with Gasteiger partial charge in [0.25, 0.3) is 0 Å². The van der Waals surface area contributed by atoms with Crippen molar-refractivity contribution >= 4 is 29.8 Å². The summed E-state index contributed by atoms with van der Waals surface area (Å²) in [5.41, 5.74) is 0.887. The second-order valence-electron chi connectivity index (χ2n) is 7.37. The molecule has 11 heteroatoms. The Morgan fingerprint density at radius 3 is 2.03 bits per heavy atom. The zero-order valence-electron chi connectivity index (χ0n) is 18.6. The maximum absolute atomic E-state index is 12.4. The molecular weight excluding hydrogens is 434 g/mol. The first kappa shape index (κ1) is 27.6. The lowest BCUT2D eigenvalue weighted by Gasteiger charge is -2.34. The molecular formula is C22H31N3O8. The van der Waals surface area contributed by atoms with E-state index in [0.717, 1.165) is 50.3 Å². The van der Waals surface area contributed by atoms with Gasteiger partial charge in [-0.15, -0.1) is 0 Å². The zero-order chi connectivity index (χ0) is 23.5. The Bertz CT molecular complexity index is 832. The molecule has 0 unspecified atom stereocenters. The van der Waals surface area contributed by atoms with Crippen molar-refractivity contribution in [2.75, 3.05) is 52.9 Å². The van der Waals surface area contributed by atoms with Crippen LogP contribution in [0.15, 0.2) is 30.3 Å². The Balaban J connectivity index is 0.000000691. The normalized spacial score (nSPS) is 15.9. The molecule has 0 radical (unpaired) electrons. The summed E-state index contributed by atoms with van der Waals surface area (Å²) in [6.07, 6.45) is 5.63. The van der Waals surface area contributed by atoms with Crippen molar-refractivity contribution in [3.63, 3.8) is 0 Å². The Hall–Kier alpha value is -3.44. The predicted molar refractivity (Wildman–Crippen MR) is 120 cm³/mol. The summed E-state index contributed by atoms with van der Waals surface area (Å²) in [7, 11) is 1.62. The molecule has 0 saturated carbocycles. The van der Waals surface area contributed by atoms with Crippen molar-refractivity contribution in [3.05, 3.63) is 35.9 Å².